The maximum atomic E-state index is 12.4. The second kappa shape index (κ2) is 51.5. The highest BCUT2D eigenvalue weighted by atomic mass is 31.2. The number of unbranched alkanes of at least 4 members (excludes halogenated alkanes) is 28. The summed E-state index contributed by atoms with van der Waals surface area (Å²) in [4.78, 5) is 46.2. The van der Waals surface area contributed by atoms with E-state index in [-0.39, 0.29) is 12.8 Å². The molecular weight excluding hydrogens is 890 g/mol. The number of aliphatic hydroxyl groups excluding tert-OH is 1. The fraction of sp³-hybridized carbons (Fsp3) is 0.772. The summed E-state index contributed by atoms with van der Waals surface area (Å²) in [6.45, 7) is 2.51. The molecule has 12 heteroatoms. The molecule has 0 aromatic heterocycles. The van der Waals surface area contributed by atoms with Gasteiger partial charge in [0.25, 0.3) is 0 Å². The van der Waals surface area contributed by atoms with Gasteiger partial charge in [0.05, 0.1) is 13.2 Å². The van der Waals surface area contributed by atoms with Gasteiger partial charge in [-0.3, -0.25) is 18.6 Å². The van der Waals surface area contributed by atoms with E-state index in [4.69, 9.17) is 13.8 Å². The number of ether oxygens (including phenoxy) is 1. The number of allylic oxidation sites excluding steroid dienone is 10. The van der Waals surface area contributed by atoms with Crippen LogP contribution in [0.1, 0.15) is 251 Å². The van der Waals surface area contributed by atoms with Crippen molar-refractivity contribution >= 4 is 25.7 Å². The predicted molar refractivity (Wildman–Crippen MR) is 286 cm³/mol. The van der Waals surface area contributed by atoms with Gasteiger partial charge >= 0.3 is 19.8 Å². The first kappa shape index (κ1) is 66.2. The smallest absolute Gasteiger partial charge is 0.472 e. The van der Waals surface area contributed by atoms with Crippen molar-refractivity contribution in [3.8, 4) is 0 Å². The Balaban J connectivity index is 3.80. The summed E-state index contributed by atoms with van der Waals surface area (Å²) in [7, 11) is -4.77. The molecule has 0 aliphatic heterocycles. The first-order valence-electron chi connectivity index (χ1n) is 27.8. The quantitative estimate of drug-likeness (QED) is 0.0199. The zero-order valence-electron chi connectivity index (χ0n) is 43.9. The van der Waals surface area contributed by atoms with Crippen LogP contribution in [0.5, 0.6) is 0 Å². The molecular formula is C57H102NO10P. The highest BCUT2D eigenvalue weighted by Gasteiger charge is 2.28. The van der Waals surface area contributed by atoms with E-state index < -0.39 is 57.6 Å². The Morgan fingerprint density at radius 2 is 0.841 bits per heavy atom. The van der Waals surface area contributed by atoms with Crippen LogP contribution >= 0.6 is 7.82 Å². The van der Waals surface area contributed by atoms with Gasteiger partial charge < -0.3 is 25.2 Å². The zero-order chi connectivity index (χ0) is 50.6. The minimum absolute atomic E-state index is 0.147. The SMILES string of the molecule is CC/C=C\C/C=C\C/C=C\C/C=C\C/C=C\CCCCCCCCCC(=O)OCC(O)COP(=O)(O)OCC(NC(=O)CCCCCCCCCCCCCCCCCCCCCCCC)C(=O)O. The number of rotatable bonds is 52. The third-order valence-electron chi connectivity index (χ3n) is 12.1. The van der Waals surface area contributed by atoms with Crippen LogP contribution < -0.4 is 5.32 Å². The van der Waals surface area contributed by atoms with Crippen LogP contribution in [0.4, 0.5) is 0 Å². The fourth-order valence-electron chi connectivity index (χ4n) is 7.82. The Bertz CT molecular complexity index is 1400. The molecule has 3 atom stereocenters. The summed E-state index contributed by atoms with van der Waals surface area (Å²) in [6, 6.07) is -1.55. The van der Waals surface area contributed by atoms with Crippen molar-refractivity contribution in [3.63, 3.8) is 0 Å². The second-order valence-electron chi connectivity index (χ2n) is 18.8. The summed E-state index contributed by atoms with van der Waals surface area (Å²) >= 11 is 0. The number of phosphoric acid groups is 1. The molecule has 0 saturated heterocycles. The standard InChI is InChI=1S/C57H102NO10P/c1-3-5-7-9-11-13-15-17-19-21-23-25-27-29-31-33-35-37-39-41-43-45-47-49-56(61)66-50-53(59)51-67-69(64,65)68-52-54(57(62)63)58-55(60)48-46-44-42-40-38-36-34-32-30-28-26-24-22-20-18-16-14-12-10-8-6-4-2/h5,7,11,13,17,19,23,25,29,31,53-54,59H,3-4,6,8-10,12,14-16,18,20-22,24,26-28,30,32-52H2,1-2H3,(H,58,60)(H,62,63)(H,64,65)/b7-5-,13-11-,19-17-,25-23-,31-29-. The number of carbonyl (C=O) groups is 3. The number of carboxylic acids is 1. The molecule has 0 rings (SSSR count). The topological polar surface area (TPSA) is 169 Å². The molecule has 0 saturated carbocycles. The molecule has 0 aliphatic rings. The summed E-state index contributed by atoms with van der Waals surface area (Å²) in [5, 5.41) is 22.0. The number of amides is 1. The molecule has 0 bridgehead atoms. The number of nitrogens with one attached hydrogen (secondary N) is 1. The third-order valence-corrected chi connectivity index (χ3v) is 13.0. The number of aliphatic carboxylic acids is 1. The van der Waals surface area contributed by atoms with Crippen molar-refractivity contribution < 1.29 is 47.8 Å². The predicted octanol–water partition coefficient (Wildman–Crippen LogP) is 15.8. The number of phosphoric ester groups is 1. The Labute approximate surface area is 421 Å². The first-order valence-corrected chi connectivity index (χ1v) is 29.3. The summed E-state index contributed by atoms with van der Waals surface area (Å²) in [6.07, 6.45) is 62.4. The Morgan fingerprint density at radius 3 is 1.26 bits per heavy atom. The normalized spacial score (nSPS) is 13.9. The molecule has 0 heterocycles. The monoisotopic (exact) mass is 992 g/mol. The molecule has 4 N–H and O–H groups in total. The summed E-state index contributed by atoms with van der Waals surface area (Å²) in [5.74, 6) is -2.37. The van der Waals surface area contributed by atoms with Crippen molar-refractivity contribution in [2.45, 2.75) is 264 Å². The van der Waals surface area contributed by atoms with Gasteiger partial charge in [0.15, 0.2) is 6.04 Å². The van der Waals surface area contributed by atoms with Crippen LogP contribution in [-0.2, 0) is 32.7 Å². The van der Waals surface area contributed by atoms with E-state index in [1.165, 1.54) is 128 Å². The van der Waals surface area contributed by atoms with Crippen LogP contribution in [0.15, 0.2) is 60.8 Å². The van der Waals surface area contributed by atoms with E-state index in [1.807, 2.05) is 0 Å². The van der Waals surface area contributed by atoms with Gasteiger partial charge in [-0.05, 0) is 57.8 Å². The molecule has 0 radical (unpaired) electrons. The number of carboxylic acid groups (broad SMARTS) is 1. The Kier molecular flexibility index (Phi) is 49.4. The van der Waals surface area contributed by atoms with Crippen molar-refractivity contribution in [1.82, 2.24) is 5.32 Å². The van der Waals surface area contributed by atoms with E-state index in [9.17, 15) is 34.1 Å². The number of esters is 1. The van der Waals surface area contributed by atoms with E-state index in [1.54, 1.807) is 0 Å². The number of aliphatic hydroxyl groups is 1. The van der Waals surface area contributed by atoms with E-state index in [0.29, 0.717) is 12.8 Å². The average Bonchev–Trinajstić information content (AvgIpc) is 3.33. The fourth-order valence-corrected chi connectivity index (χ4v) is 8.59. The Hall–Kier alpha value is -2.82. The zero-order valence-corrected chi connectivity index (χ0v) is 44.8. The largest absolute Gasteiger partial charge is 0.480 e. The lowest BCUT2D eigenvalue weighted by Gasteiger charge is -2.18. The van der Waals surface area contributed by atoms with Gasteiger partial charge in [-0.2, -0.15) is 0 Å². The minimum Gasteiger partial charge on any atom is -0.480 e. The van der Waals surface area contributed by atoms with Gasteiger partial charge in [0.1, 0.15) is 12.7 Å². The molecule has 400 valence electrons. The van der Waals surface area contributed by atoms with Gasteiger partial charge in [-0.15, -0.1) is 0 Å². The van der Waals surface area contributed by atoms with Crippen molar-refractivity contribution in [3.05, 3.63) is 60.8 Å². The number of hydrogen-bond donors (Lipinski definition) is 4. The molecule has 1 amide bonds. The van der Waals surface area contributed by atoms with Crippen molar-refractivity contribution in [1.29, 1.82) is 0 Å². The lowest BCUT2D eigenvalue weighted by Crippen LogP contribution is -2.43. The summed E-state index contributed by atoms with van der Waals surface area (Å²) < 4.78 is 27.0. The van der Waals surface area contributed by atoms with Crippen molar-refractivity contribution in [2.75, 3.05) is 19.8 Å². The van der Waals surface area contributed by atoms with Crippen LogP contribution in [0, 0.1) is 0 Å². The van der Waals surface area contributed by atoms with Gasteiger partial charge in [-0.1, -0.05) is 242 Å². The molecule has 0 aromatic rings. The third kappa shape index (κ3) is 51.4. The molecule has 69 heavy (non-hydrogen) atoms. The van der Waals surface area contributed by atoms with E-state index >= 15 is 0 Å². The van der Waals surface area contributed by atoms with Crippen LogP contribution in [-0.4, -0.2) is 64.9 Å². The minimum atomic E-state index is -4.77. The van der Waals surface area contributed by atoms with Crippen LogP contribution in [0.2, 0.25) is 0 Å². The molecule has 0 spiro atoms. The maximum absolute atomic E-state index is 12.4. The Morgan fingerprint density at radius 1 is 0.478 bits per heavy atom. The molecule has 0 fully saturated rings. The summed E-state index contributed by atoms with van der Waals surface area (Å²) in [5.41, 5.74) is 0. The second-order valence-corrected chi connectivity index (χ2v) is 20.2. The molecule has 11 nitrogen and oxygen atoms in total. The lowest BCUT2D eigenvalue weighted by molar-refractivity contribution is -0.147. The highest BCUT2D eigenvalue weighted by molar-refractivity contribution is 7.47. The van der Waals surface area contributed by atoms with Crippen LogP contribution in [0.25, 0.3) is 0 Å². The van der Waals surface area contributed by atoms with Gasteiger partial charge in [-0.25, -0.2) is 9.36 Å². The van der Waals surface area contributed by atoms with Gasteiger partial charge in [0.2, 0.25) is 5.91 Å². The molecule has 0 aliphatic carbocycles. The number of carbonyl (C=O) groups excluding carboxylic acids is 2. The molecule has 0 aromatic carbocycles. The number of hydrogen-bond acceptors (Lipinski definition) is 8. The van der Waals surface area contributed by atoms with Gasteiger partial charge in [0, 0.05) is 12.8 Å². The van der Waals surface area contributed by atoms with E-state index in [2.05, 4.69) is 79.9 Å². The highest BCUT2D eigenvalue weighted by Crippen LogP contribution is 2.43. The average molecular weight is 992 g/mol. The van der Waals surface area contributed by atoms with Crippen molar-refractivity contribution in [2.24, 2.45) is 0 Å². The lowest BCUT2D eigenvalue weighted by atomic mass is 10.0. The van der Waals surface area contributed by atoms with E-state index in [0.717, 1.165) is 83.5 Å². The molecule has 3 unspecified atom stereocenters. The first-order chi connectivity index (χ1) is 33.6. The maximum Gasteiger partial charge on any atom is 0.472 e. The van der Waals surface area contributed by atoms with Crippen LogP contribution in [0.3, 0.4) is 0 Å².